The van der Waals surface area contributed by atoms with Crippen molar-refractivity contribution in [1.29, 1.82) is 5.26 Å². The van der Waals surface area contributed by atoms with Gasteiger partial charge in [0.15, 0.2) is 18.2 Å². The van der Waals surface area contributed by atoms with Crippen LogP contribution in [0, 0.1) is 24.1 Å². The number of carbonyl (C=O) groups excluding carboxylic acids is 1. The first-order chi connectivity index (χ1) is 10.1. The predicted molar refractivity (Wildman–Crippen MR) is 76.4 cm³/mol. The van der Waals surface area contributed by atoms with E-state index in [-0.39, 0.29) is 23.8 Å². The average Bonchev–Trinajstić information content (AvgIpc) is 2.48. The lowest BCUT2D eigenvalue weighted by atomic mass is 10.2. The number of anilines is 1. The van der Waals surface area contributed by atoms with Gasteiger partial charge in [0.1, 0.15) is 0 Å². The molecule has 0 aliphatic heterocycles. The quantitative estimate of drug-likeness (QED) is 0.938. The zero-order valence-electron chi connectivity index (χ0n) is 11.4. The van der Waals surface area contributed by atoms with Crippen molar-refractivity contribution in [2.45, 2.75) is 6.92 Å². The van der Waals surface area contributed by atoms with Gasteiger partial charge in [0, 0.05) is 5.69 Å². The summed E-state index contributed by atoms with van der Waals surface area (Å²) in [4.78, 5) is 11.7. The first kappa shape index (κ1) is 14.5. The predicted octanol–water partition coefficient (Wildman–Crippen LogP) is 3.02. The minimum absolute atomic E-state index is 0.0620. The molecule has 0 aliphatic rings. The second-order valence-electron chi connectivity index (χ2n) is 4.46. The Kier molecular flexibility index (Phi) is 4.52. The smallest absolute Gasteiger partial charge is 0.262 e. The third kappa shape index (κ3) is 4.05. The standard InChI is InChI=1S/C16H13FN2O2/c1-11-2-5-13(6-3-11)19-16(20)10-21-15-7-4-12(9-18)8-14(15)17/h2-8H,10H2,1H3,(H,19,20). The zero-order valence-corrected chi connectivity index (χ0v) is 11.4. The van der Waals surface area contributed by atoms with Crippen LogP contribution >= 0.6 is 0 Å². The fourth-order valence-corrected chi connectivity index (χ4v) is 1.66. The highest BCUT2D eigenvalue weighted by atomic mass is 19.1. The molecule has 0 saturated carbocycles. The van der Waals surface area contributed by atoms with E-state index in [1.165, 1.54) is 12.1 Å². The second-order valence-corrected chi connectivity index (χ2v) is 4.46. The van der Waals surface area contributed by atoms with Crippen molar-refractivity contribution >= 4 is 11.6 Å². The Labute approximate surface area is 121 Å². The van der Waals surface area contributed by atoms with Gasteiger partial charge in [0.05, 0.1) is 11.6 Å². The largest absolute Gasteiger partial charge is 0.481 e. The van der Waals surface area contributed by atoms with Crippen molar-refractivity contribution in [1.82, 2.24) is 0 Å². The van der Waals surface area contributed by atoms with Crippen molar-refractivity contribution in [3.8, 4) is 11.8 Å². The Bertz CT molecular complexity index is 690. The van der Waals surface area contributed by atoms with Crippen LogP contribution in [0.1, 0.15) is 11.1 Å². The van der Waals surface area contributed by atoms with Gasteiger partial charge in [0.2, 0.25) is 0 Å². The number of amides is 1. The maximum absolute atomic E-state index is 13.6. The zero-order chi connectivity index (χ0) is 15.2. The number of carbonyl (C=O) groups is 1. The molecule has 0 heterocycles. The SMILES string of the molecule is Cc1ccc(NC(=O)COc2ccc(C#N)cc2F)cc1. The maximum atomic E-state index is 13.6. The molecule has 0 aromatic heterocycles. The second kappa shape index (κ2) is 6.53. The molecule has 2 rings (SSSR count). The lowest BCUT2D eigenvalue weighted by Gasteiger charge is -2.08. The number of nitrogens with one attached hydrogen (secondary N) is 1. The van der Waals surface area contributed by atoms with Gasteiger partial charge in [-0.15, -0.1) is 0 Å². The molecule has 0 fully saturated rings. The van der Waals surface area contributed by atoms with Crippen molar-refractivity contribution in [3.63, 3.8) is 0 Å². The summed E-state index contributed by atoms with van der Waals surface area (Å²) in [5, 5.41) is 11.3. The lowest BCUT2D eigenvalue weighted by molar-refractivity contribution is -0.118. The van der Waals surface area contributed by atoms with E-state index in [0.717, 1.165) is 11.6 Å². The van der Waals surface area contributed by atoms with Gasteiger partial charge in [-0.2, -0.15) is 5.26 Å². The van der Waals surface area contributed by atoms with E-state index in [2.05, 4.69) is 5.32 Å². The molecule has 0 spiro atoms. The van der Waals surface area contributed by atoms with E-state index in [1.54, 1.807) is 12.1 Å². The molecule has 4 nitrogen and oxygen atoms in total. The highest BCUT2D eigenvalue weighted by Crippen LogP contribution is 2.18. The van der Waals surface area contributed by atoms with Crippen LogP contribution in [0.15, 0.2) is 42.5 Å². The van der Waals surface area contributed by atoms with Crippen LogP contribution in [0.5, 0.6) is 5.75 Å². The average molecular weight is 284 g/mol. The number of hydrogen-bond acceptors (Lipinski definition) is 3. The number of rotatable bonds is 4. The first-order valence-corrected chi connectivity index (χ1v) is 6.27. The molecule has 0 atom stereocenters. The fourth-order valence-electron chi connectivity index (χ4n) is 1.66. The van der Waals surface area contributed by atoms with Crippen molar-refractivity contribution in [3.05, 3.63) is 59.4 Å². The van der Waals surface area contributed by atoms with Crippen molar-refractivity contribution in [2.24, 2.45) is 0 Å². The van der Waals surface area contributed by atoms with Crippen LogP contribution in [0.4, 0.5) is 10.1 Å². The summed E-state index contributed by atoms with van der Waals surface area (Å²) in [6.45, 7) is 1.64. The van der Waals surface area contributed by atoms with Crippen molar-refractivity contribution in [2.75, 3.05) is 11.9 Å². The molecule has 0 radical (unpaired) electrons. The highest BCUT2D eigenvalue weighted by Gasteiger charge is 2.08. The summed E-state index contributed by atoms with van der Waals surface area (Å²) < 4.78 is 18.6. The van der Waals surface area contributed by atoms with Gasteiger partial charge in [-0.1, -0.05) is 17.7 Å². The van der Waals surface area contributed by atoms with E-state index in [1.807, 2.05) is 25.1 Å². The van der Waals surface area contributed by atoms with E-state index in [4.69, 9.17) is 10.00 Å². The van der Waals surface area contributed by atoms with Gasteiger partial charge in [0.25, 0.3) is 5.91 Å². The van der Waals surface area contributed by atoms with Gasteiger partial charge >= 0.3 is 0 Å². The maximum Gasteiger partial charge on any atom is 0.262 e. The summed E-state index contributed by atoms with van der Waals surface area (Å²) in [6.07, 6.45) is 0. The Morgan fingerprint density at radius 2 is 2.00 bits per heavy atom. The van der Waals surface area contributed by atoms with E-state index in [0.29, 0.717) is 5.69 Å². The third-order valence-corrected chi connectivity index (χ3v) is 2.76. The molecule has 1 amide bonds. The van der Waals surface area contributed by atoms with E-state index in [9.17, 15) is 9.18 Å². The monoisotopic (exact) mass is 284 g/mol. The molecular formula is C16H13FN2O2. The Balaban J connectivity index is 1.92. The van der Waals surface area contributed by atoms with Gasteiger partial charge < -0.3 is 10.1 Å². The van der Waals surface area contributed by atoms with Crippen molar-refractivity contribution < 1.29 is 13.9 Å². The summed E-state index contributed by atoms with van der Waals surface area (Å²) in [6, 6.07) is 12.9. The summed E-state index contributed by atoms with van der Waals surface area (Å²) in [5.41, 5.74) is 1.93. The molecule has 1 N–H and O–H groups in total. The number of nitrogens with zero attached hydrogens (tertiary/aromatic N) is 1. The summed E-state index contributed by atoms with van der Waals surface area (Å²) in [7, 11) is 0. The summed E-state index contributed by atoms with van der Waals surface area (Å²) >= 11 is 0. The minimum Gasteiger partial charge on any atom is -0.481 e. The normalized spacial score (nSPS) is 9.76. The van der Waals surface area contributed by atoms with Gasteiger partial charge in [-0.3, -0.25) is 4.79 Å². The molecule has 21 heavy (non-hydrogen) atoms. The fraction of sp³-hybridized carbons (Fsp3) is 0.125. The molecule has 5 heteroatoms. The molecule has 106 valence electrons. The number of ether oxygens (including phenoxy) is 1. The lowest BCUT2D eigenvalue weighted by Crippen LogP contribution is -2.20. The van der Waals surface area contributed by atoms with Gasteiger partial charge in [-0.25, -0.2) is 4.39 Å². The number of benzene rings is 2. The van der Waals surface area contributed by atoms with Crippen LogP contribution in [-0.2, 0) is 4.79 Å². The van der Waals surface area contributed by atoms with Crippen LogP contribution in [0.25, 0.3) is 0 Å². The van der Waals surface area contributed by atoms with Crippen LogP contribution < -0.4 is 10.1 Å². The molecule has 0 unspecified atom stereocenters. The Morgan fingerprint density at radius 1 is 1.29 bits per heavy atom. The van der Waals surface area contributed by atoms with Crippen LogP contribution in [0.3, 0.4) is 0 Å². The topological polar surface area (TPSA) is 62.1 Å². The summed E-state index contributed by atoms with van der Waals surface area (Å²) in [5.74, 6) is -1.12. The van der Waals surface area contributed by atoms with E-state index >= 15 is 0 Å². The van der Waals surface area contributed by atoms with Gasteiger partial charge in [-0.05, 0) is 37.3 Å². The highest BCUT2D eigenvalue weighted by molar-refractivity contribution is 5.91. The van der Waals surface area contributed by atoms with Crippen LogP contribution in [-0.4, -0.2) is 12.5 Å². The molecular weight excluding hydrogens is 271 g/mol. The molecule has 2 aromatic carbocycles. The molecule has 0 aliphatic carbocycles. The number of aryl methyl sites for hydroxylation is 1. The molecule has 2 aromatic rings. The van der Waals surface area contributed by atoms with E-state index < -0.39 is 5.82 Å². The van der Waals surface area contributed by atoms with Crippen LogP contribution in [0.2, 0.25) is 0 Å². The third-order valence-electron chi connectivity index (χ3n) is 2.76. The number of nitriles is 1. The Hall–Kier alpha value is -2.87. The molecule has 0 bridgehead atoms. The first-order valence-electron chi connectivity index (χ1n) is 6.27. The number of hydrogen-bond donors (Lipinski definition) is 1. The molecule has 0 saturated heterocycles. The number of halogens is 1. The minimum atomic E-state index is -0.669. The Morgan fingerprint density at radius 3 is 2.62 bits per heavy atom.